The molecule has 0 aliphatic rings. The number of nitrogens with zero attached hydrogens (tertiary/aromatic N) is 1. The van der Waals surface area contributed by atoms with E-state index in [0.717, 1.165) is 10.6 Å². The van der Waals surface area contributed by atoms with Crippen LogP contribution in [0.2, 0.25) is 0 Å². The van der Waals surface area contributed by atoms with Crippen LogP contribution in [0.15, 0.2) is 61.2 Å². The maximum atomic E-state index is 12.4. The summed E-state index contributed by atoms with van der Waals surface area (Å²) in [5.74, 6) is 0.346. The molecule has 25 heavy (non-hydrogen) atoms. The predicted molar refractivity (Wildman–Crippen MR) is 99.8 cm³/mol. The van der Waals surface area contributed by atoms with Gasteiger partial charge in [0.1, 0.15) is 12.4 Å². The Morgan fingerprint density at radius 2 is 1.92 bits per heavy atom. The van der Waals surface area contributed by atoms with Crippen molar-refractivity contribution in [3.8, 4) is 5.75 Å². The maximum Gasteiger partial charge on any atom is 0.255 e. The zero-order valence-electron chi connectivity index (χ0n) is 14.1. The van der Waals surface area contributed by atoms with Crippen LogP contribution >= 0.6 is 0 Å². The number of anilines is 2. The summed E-state index contributed by atoms with van der Waals surface area (Å²) in [5.41, 5.74) is 1.39. The van der Waals surface area contributed by atoms with Crippen molar-refractivity contribution in [2.24, 2.45) is 0 Å². The number of benzene rings is 2. The molecule has 132 valence electrons. The van der Waals surface area contributed by atoms with Crippen LogP contribution in [-0.2, 0) is 10.0 Å². The summed E-state index contributed by atoms with van der Waals surface area (Å²) in [6.07, 6.45) is 2.76. The second kappa shape index (κ2) is 7.85. The van der Waals surface area contributed by atoms with E-state index in [0.29, 0.717) is 29.3 Å². The average molecular weight is 360 g/mol. The second-order valence-corrected chi connectivity index (χ2v) is 7.37. The first-order valence-electron chi connectivity index (χ1n) is 7.50. The normalized spacial score (nSPS) is 10.8. The largest absolute Gasteiger partial charge is 0.490 e. The van der Waals surface area contributed by atoms with Crippen LogP contribution in [0.25, 0.3) is 0 Å². The Morgan fingerprint density at radius 3 is 2.52 bits per heavy atom. The van der Waals surface area contributed by atoms with Crippen molar-refractivity contribution in [1.29, 1.82) is 0 Å². The van der Waals surface area contributed by atoms with Gasteiger partial charge in [0.2, 0.25) is 10.0 Å². The van der Waals surface area contributed by atoms with Crippen LogP contribution in [0.3, 0.4) is 0 Å². The summed E-state index contributed by atoms with van der Waals surface area (Å²) in [6.45, 7) is 3.99. The highest BCUT2D eigenvalue weighted by Crippen LogP contribution is 2.20. The summed E-state index contributed by atoms with van der Waals surface area (Å²) in [4.78, 5) is 12.4. The van der Waals surface area contributed by atoms with E-state index in [2.05, 4.69) is 11.9 Å². The Bertz CT molecular complexity index is 861. The molecule has 0 bridgehead atoms. The maximum absolute atomic E-state index is 12.4. The number of carbonyl (C=O) groups excluding carboxylic acids is 1. The first-order valence-corrected chi connectivity index (χ1v) is 9.35. The molecule has 0 unspecified atom stereocenters. The molecule has 0 saturated heterocycles. The molecule has 2 aromatic carbocycles. The van der Waals surface area contributed by atoms with Gasteiger partial charge in [0, 0.05) is 18.3 Å². The van der Waals surface area contributed by atoms with E-state index < -0.39 is 10.0 Å². The Morgan fingerprint density at radius 1 is 1.24 bits per heavy atom. The molecule has 0 spiro atoms. The first kappa shape index (κ1) is 18.5. The standard InChI is InChI=1S/C18H20N2O4S/c1-4-12-24-17-10-8-15(9-11-17)19-18(21)14-6-5-7-16(13-14)20(2)25(3,22)23/h4-11,13H,1,12H2,2-3H3,(H,19,21). The molecule has 0 radical (unpaired) electrons. The minimum atomic E-state index is -3.39. The van der Waals surface area contributed by atoms with Gasteiger partial charge in [0.05, 0.1) is 11.9 Å². The number of nitrogens with one attached hydrogen (secondary N) is 1. The van der Waals surface area contributed by atoms with Crippen molar-refractivity contribution >= 4 is 27.3 Å². The van der Waals surface area contributed by atoms with Crippen LogP contribution < -0.4 is 14.4 Å². The van der Waals surface area contributed by atoms with Crippen LogP contribution in [0.5, 0.6) is 5.75 Å². The number of ether oxygens (including phenoxy) is 1. The average Bonchev–Trinajstić information content (AvgIpc) is 2.59. The SMILES string of the molecule is C=CCOc1ccc(NC(=O)c2cccc(N(C)S(C)(=O)=O)c2)cc1. The van der Waals surface area contributed by atoms with Gasteiger partial charge in [0.25, 0.3) is 5.91 Å². The molecule has 7 heteroatoms. The highest BCUT2D eigenvalue weighted by atomic mass is 32.2. The Labute approximate surface area is 147 Å². The van der Waals surface area contributed by atoms with Crippen LogP contribution in [-0.4, -0.2) is 34.2 Å². The summed E-state index contributed by atoms with van der Waals surface area (Å²) < 4.78 is 29.7. The fourth-order valence-corrected chi connectivity index (χ4v) is 2.52. The van der Waals surface area contributed by atoms with Gasteiger partial charge in [-0.1, -0.05) is 18.7 Å². The van der Waals surface area contributed by atoms with Gasteiger partial charge in [-0.15, -0.1) is 0 Å². The summed E-state index contributed by atoms with van der Waals surface area (Å²) in [6, 6.07) is 13.3. The fraction of sp³-hybridized carbons (Fsp3) is 0.167. The van der Waals surface area contributed by atoms with Gasteiger partial charge in [-0.3, -0.25) is 9.10 Å². The van der Waals surface area contributed by atoms with Crippen LogP contribution in [0.1, 0.15) is 10.4 Å². The Balaban J connectivity index is 2.12. The van der Waals surface area contributed by atoms with Gasteiger partial charge >= 0.3 is 0 Å². The summed E-state index contributed by atoms with van der Waals surface area (Å²) in [5, 5.41) is 2.76. The van der Waals surface area contributed by atoms with Crippen molar-refractivity contribution in [3.05, 3.63) is 66.7 Å². The molecule has 1 amide bonds. The lowest BCUT2D eigenvalue weighted by Gasteiger charge is -2.17. The summed E-state index contributed by atoms with van der Waals surface area (Å²) in [7, 11) is -1.95. The van der Waals surface area contributed by atoms with E-state index >= 15 is 0 Å². The lowest BCUT2D eigenvalue weighted by molar-refractivity contribution is 0.102. The van der Waals surface area contributed by atoms with E-state index in [4.69, 9.17) is 4.74 Å². The third kappa shape index (κ3) is 5.09. The van der Waals surface area contributed by atoms with E-state index in [1.165, 1.54) is 13.1 Å². The Kier molecular flexibility index (Phi) is 5.82. The minimum absolute atomic E-state index is 0.330. The Hall–Kier alpha value is -2.80. The molecule has 0 heterocycles. The van der Waals surface area contributed by atoms with E-state index in [1.54, 1.807) is 48.5 Å². The topological polar surface area (TPSA) is 75.7 Å². The number of sulfonamides is 1. The number of carbonyl (C=O) groups is 1. The molecule has 0 fully saturated rings. The van der Waals surface area contributed by atoms with Crippen molar-refractivity contribution in [2.75, 3.05) is 29.5 Å². The predicted octanol–water partition coefficient (Wildman–Crippen LogP) is 2.90. The first-order chi connectivity index (χ1) is 11.8. The molecular formula is C18H20N2O4S. The molecule has 0 aromatic heterocycles. The minimum Gasteiger partial charge on any atom is -0.490 e. The highest BCUT2D eigenvalue weighted by Gasteiger charge is 2.14. The highest BCUT2D eigenvalue weighted by molar-refractivity contribution is 7.92. The lowest BCUT2D eigenvalue weighted by Crippen LogP contribution is -2.25. The van der Waals surface area contributed by atoms with Gasteiger partial charge in [-0.2, -0.15) is 0 Å². The number of rotatable bonds is 7. The molecule has 2 aromatic rings. The van der Waals surface area contributed by atoms with Crippen molar-refractivity contribution < 1.29 is 17.9 Å². The molecule has 1 N–H and O–H groups in total. The lowest BCUT2D eigenvalue weighted by atomic mass is 10.2. The summed E-state index contributed by atoms with van der Waals surface area (Å²) >= 11 is 0. The third-order valence-electron chi connectivity index (χ3n) is 3.45. The van der Waals surface area contributed by atoms with E-state index in [9.17, 15) is 13.2 Å². The van der Waals surface area contributed by atoms with Crippen LogP contribution in [0.4, 0.5) is 11.4 Å². The number of hydrogen-bond donors (Lipinski definition) is 1. The van der Waals surface area contributed by atoms with E-state index in [-0.39, 0.29) is 5.91 Å². The van der Waals surface area contributed by atoms with Gasteiger partial charge < -0.3 is 10.1 Å². The molecule has 0 saturated carbocycles. The van der Waals surface area contributed by atoms with Crippen molar-refractivity contribution in [2.45, 2.75) is 0 Å². The van der Waals surface area contributed by atoms with Crippen molar-refractivity contribution in [1.82, 2.24) is 0 Å². The van der Waals surface area contributed by atoms with E-state index in [1.807, 2.05) is 0 Å². The molecular weight excluding hydrogens is 340 g/mol. The molecule has 0 atom stereocenters. The van der Waals surface area contributed by atoms with Crippen molar-refractivity contribution in [3.63, 3.8) is 0 Å². The van der Waals surface area contributed by atoms with Crippen LogP contribution in [0, 0.1) is 0 Å². The molecule has 0 aliphatic carbocycles. The zero-order valence-corrected chi connectivity index (χ0v) is 14.9. The number of amides is 1. The second-order valence-electron chi connectivity index (χ2n) is 5.36. The smallest absolute Gasteiger partial charge is 0.255 e. The molecule has 6 nitrogen and oxygen atoms in total. The van der Waals surface area contributed by atoms with Gasteiger partial charge in [0.15, 0.2) is 0 Å². The van der Waals surface area contributed by atoms with Gasteiger partial charge in [-0.05, 0) is 42.5 Å². The molecule has 0 aliphatic heterocycles. The molecule has 2 rings (SSSR count). The third-order valence-corrected chi connectivity index (χ3v) is 4.66. The quantitative estimate of drug-likeness (QED) is 0.771. The fourth-order valence-electron chi connectivity index (χ4n) is 2.03. The zero-order chi connectivity index (χ0) is 18.4. The number of hydrogen-bond acceptors (Lipinski definition) is 4. The monoisotopic (exact) mass is 360 g/mol. The van der Waals surface area contributed by atoms with Gasteiger partial charge in [-0.25, -0.2) is 8.42 Å².